The zero-order valence-corrected chi connectivity index (χ0v) is 16.9. The van der Waals surface area contributed by atoms with Gasteiger partial charge < -0.3 is 4.90 Å². The van der Waals surface area contributed by atoms with E-state index in [1.165, 1.54) is 19.9 Å². The summed E-state index contributed by atoms with van der Waals surface area (Å²) in [6.07, 6.45) is -4.18. The minimum Gasteiger partial charge on any atom is -0.312 e. The van der Waals surface area contributed by atoms with E-state index < -0.39 is 32.2 Å². The molecule has 2 aromatic rings. The van der Waals surface area contributed by atoms with E-state index in [4.69, 9.17) is 0 Å². The Morgan fingerprint density at radius 2 is 1.66 bits per heavy atom. The Morgan fingerprint density at radius 1 is 1.00 bits per heavy atom. The molecule has 1 aliphatic rings. The quantitative estimate of drug-likeness (QED) is 0.714. The molecule has 8 heteroatoms. The molecular formula is C21H22F3NO3S. The molecular weight excluding hydrogens is 403 g/mol. The third-order valence-corrected chi connectivity index (χ3v) is 8.23. The highest BCUT2D eigenvalue weighted by Gasteiger charge is 2.46. The molecule has 0 N–H and O–H groups in total. The summed E-state index contributed by atoms with van der Waals surface area (Å²) in [4.78, 5) is 13.9. The largest absolute Gasteiger partial charge is 0.416 e. The second-order valence-electron chi connectivity index (χ2n) is 7.70. The Kier molecular flexibility index (Phi) is 5.51. The molecule has 4 nitrogen and oxygen atoms in total. The Morgan fingerprint density at radius 3 is 2.24 bits per heavy atom. The summed E-state index contributed by atoms with van der Waals surface area (Å²) in [5, 5.41) is 0. The summed E-state index contributed by atoms with van der Waals surface area (Å²) in [5.74, 6) is -0.700. The van der Waals surface area contributed by atoms with Gasteiger partial charge in [-0.2, -0.15) is 13.2 Å². The molecule has 1 unspecified atom stereocenters. The van der Waals surface area contributed by atoms with Gasteiger partial charge in [0.2, 0.25) is 5.91 Å². The van der Waals surface area contributed by atoms with E-state index in [1.54, 1.807) is 4.90 Å². The lowest BCUT2D eigenvalue weighted by Gasteiger charge is -2.39. The van der Waals surface area contributed by atoms with Crippen LogP contribution in [0, 0.1) is 5.92 Å². The van der Waals surface area contributed by atoms with Crippen molar-refractivity contribution >= 4 is 21.4 Å². The van der Waals surface area contributed by atoms with Gasteiger partial charge in [-0.1, -0.05) is 24.3 Å². The van der Waals surface area contributed by atoms with Crippen molar-refractivity contribution in [2.45, 2.75) is 42.5 Å². The average Bonchev–Trinajstić information content (AvgIpc) is 2.68. The number of para-hydroxylation sites is 1. The standard InChI is InChI=1S/C21H22F3NO3S/c1-20(2,29(27,28)18-10-6-7-16(13-18)21(22,23)24)15-11-12-25(19(26)14-15)17-8-4-3-5-9-17/h3-10,13,15H,11-12,14H2,1-2H3. The van der Waals surface area contributed by atoms with E-state index >= 15 is 0 Å². The van der Waals surface area contributed by atoms with Gasteiger partial charge in [-0.3, -0.25) is 4.79 Å². The van der Waals surface area contributed by atoms with Gasteiger partial charge in [0.25, 0.3) is 0 Å². The highest BCUT2D eigenvalue weighted by Crippen LogP contribution is 2.40. The highest BCUT2D eigenvalue weighted by atomic mass is 32.2. The number of nitrogens with zero attached hydrogens (tertiary/aromatic N) is 1. The molecule has 156 valence electrons. The van der Waals surface area contributed by atoms with Crippen molar-refractivity contribution in [1.82, 2.24) is 0 Å². The van der Waals surface area contributed by atoms with Crippen molar-refractivity contribution < 1.29 is 26.4 Å². The Labute approximate surface area is 168 Å². The van der Waals surface area contributed by atoms with Crippen LogP contribution in [0.15, 0.2) is 59.5 Å². The van der Waals surface area contributed by atoms with E-state index in [1.807, 2.05) is 30.3 Å². The number of piperidine rings is 1. The van der Waals surface area contributed by atoms with Crippen LogP contribution in [0.4, 0.5) is 18.9 Å². The van der Waals surface area contributed by atoms with Crippen molar-refractivity contribution in [3.05, 3.63) is 60.2 Å². The first-order valence-corrected chi connectivity index (χ1v) is 10.7. The number of carbonyl (C=O) groups excluding carboxylic acids is 1. The Balaban J connectivity index is 1.86. The number of rotatable bonds is 4. The average molecular weight is 425 g/mol. The minimum atomic E-state index is -4.63. The molecule has 0 saturated carbocycles. The number of hydrogen-bond acceptors (Lipinski definition) is 3. The van der Waals surface area contributed by atoms with Crippen LogP contribution < -0.4 is 4.90 Å². The van der Waals surface area contributed by atoms with Gasteiger partial charge in [0.05, 0.1) is 15.2 Å². The number of hydrogen-bond donors (Lipinski definition) is 0. The van der Waals surface area contributed by atoms with Crippen LogP contribution in [-0.4, -0.2) is 25.6 Å². The molecule has 1 atom stereocenters. The third kappa shape index (κ3) is 4.03. The number of alkyl halides is 3. The first kappa shape index (κ1) is 21.4. The second kappa shape index (κ2) is 7.48. The second-order valence-corrected chi connectivity index (χ2v) is 10.2. The predicted octanol–water partition coefficient (Wildman–Crippen LogP) is 4.70. The zero-order chi connectivity index (χ0) is 21.4. The molecule has 1 heterocycles. The topological polar surface area (TPSA) is 54.5 Å². The number of amides is 1. The SMILES string of the molecule is CC(C)(C1CCN(c2ccccc2)C(=O)C1)S(=O)(=O)c1cccc(C(F)(F)F)c1. The molecule has 3 rings (SSSR count). The first-order chi connectivity index (χ1) is 13.4. The zero-order valence-electron chi connectivity index (χ0n) is 16.1. The van der Waals surface area contributed by atoms with Crippen LogP contribution in [0.25, 0.3) is 0 Å². The number of anilines is 1. The lowest BCUT2D eigenvalue weighted by Crippen LogP contribution is -2.48. The minimum absolute atomic E-state index is 0.0140. The highest BCUT2D eigenvalue weighted by molar-refractivity contribution is 7.92. The van der Waals surface area contributed by atoms with Crippen molar-refractivity contribution in [2.24, 2.45) is 5.92 Å². The van der Waals surface area contributed by atoms with Crippen molar-refractivity contribution in [1.29, 1.82) is 0 Å². The summed E-state index contributed by atoms with van der Waals surface area (Å²) in [5.41, 5.74) is -0.265. The van der Waals surface area contributed by atoms with Crippen molar-refractivity contribution in [3.8, 4) is 0 Å². The van der Waals surface area contributed by atoms with Crippen LogP contribution in [0.2, 0.25) is 0 Å². The van der Waals surface area contributed by atoms with Crippen LogP contribution in [0.3, 0.4) is 0 Å². The maximum Gasteiger partial charge on any atom is 0.416 e. The Bertz CT molecular complexity index is 1000. The summed E-state index contributed by atoms with van der Waals surface area (Å²) < 4.78 is 64.1. The van der Waals surface area contributed by atoms with E-state index in [9.17, 15) is 26.4 Å². The fourth-order valence-corrected chi connectivity index (χ4v) is 5.46. The molecule has 0 aliphatic carbocycles. The lowest BCUT2D eigenvalue weighted by atomic mass is 9.85. The number of sulfone groups is 1. The van der Waals surface area contributed by atoms with Gasteiger partial charge >= 0.3 is 6.18 Å². The fourth-order valence-electron chi connectivity index (χ4n) is 3.67. The van der Waals surface area contributed by atoms with E-state index in [-0.39, 0.29) is 17.2 Å². The molecule has 1 fully saturated rings. The van der Waals surface area contributed by atoms with Crippen LogP contribution in [-0.2, 0) is 20.8 Å². The van der Waals surface area contributed by atoms with Gasteiger partial charge in [-0.05, 0) is 56.5 Å². The molecule has 1 aliphatic heterocycles. The fraction of sp³-hybridized carbons (Fsp3) is 0.381. The molecule has 0 aromatic heterocycles. The lowest BCUT2D eigenvalue weighted by molar-refractivity contribution is -0.137. The molecule has 1 saturated heterocycles. The van der Waals surface area contributed by atoms with E-state index in [0.717, 1.165) is 17.8 Å². The van der Waals surface area contributed by atoms with Crippen LogP contribution >= 0.6 is 0 Å². The normalized spacial score (nSPS) is 18.7. The summed E-state index contributed by atoms with van der Waals surface area (Å²) in [6, 6.07) is 12.9. The molecule has 29 heavy (non-hydrogen) atoms. The van der Waals surface area contributed by atoms with Gasteiger partial charge in [0.15, 0.2) is 9.84 Å². The maximum absolute atomic E-state index is 13.2. The van der Waals surface area contributed by atoms with Crippen LogP contribution in [0.1, 0.15) is 32.3 Å². The van der Waals surface area contributed by atoms with Gasteiger partial charge in [-0.15, -0.1) is 0 Å². The summed E-state index contributed by atoms with van der Waals surface area (Å²) in [7, 11) is -4.10. The van der Waals surface area contributed by atoms with Gasteiger partial charge in [0, 0.05) is 18.7 Å². The summed E-state index contributed by atoms with van der Waals surface area (Å²) >= 11 is 0. The third-order valence-electron chi connectivity index (χ3n) is 5.64. The Hall–Kier alpha value is -2.35. The van der Waals surface area contributed by atoms with Crippen LogP contribution in [0.5, 0.6) is 0 Å². The molecule has 0 spiro atoms. The van der Waals surface area contributed by atoms with Gasteiger partial charge in [-0.25, -0.2) is 8.42 Å². The van der Waals surface area contributed by atoms with Crippen molar-refractivity contribution in [2.75, 3.05) is 11.4 Å². The van der Waals surface area contributed by atoms with E-state index in [2.05, 4.69) is 0 Å². The monoisotopic (exact) mass is 425 g/mol. The molecule has 1 amide bonds. The maximum atomic E-state index is 13.2. The van der Waals surface area contributed by atoms with Crippen molar-refractivity contribution in [3.63, 3.8) is 0 Å². The molecule has 0 radical (unpaired) electrons. The van der Waals surface area contributed by atoms with Gasteiger partial charge in [0.1, 0.15) is 0 Å². The first-order valence-electron chi connectivity index (χ1n) is 9.22. The number of halogens is 3. The summed E-state index contributed by atoms with van der Waals surface area (Å²) in [6.45, 7) is 3.33. The molecule has 2 aromatic carbocycles. The number of benzene rings is 2. The molecule has 0 bridgehead atoms. The van der Waals surface area contributed by atoms with E-state index in [0.29, 0.717) is 19.0 Å². The predicted molar refractivity (Wildman–Crippen MR) is 104 cm³/mol. The smallest absolute Gasteiger partial charge is 0.312 e. The number of carbonyl (C=O) groups is 1.